The van der Waals surface area contributed by atoms with Crippen molar-refractivity contribution in [1.29, 1.82) is 0 Å². The number of aliphatic hydroxyl groups is 4. The first-order chi connectivity index (χ1) is 40.3. The summed E-state index contributed by atoms with van der Waals surface area (Å²) >= 11 is 0. The highest BCUT2D eigenvalue weighted by Crippen LogP contribution is 2.16. The molecule has 0 spiro atoms. The number of nitrogens with one attached hydrogen (secondary N) is 9. The maximum Gasteiger partial charge on any atom is 0.328 e. The number of phenolic OH excluding ortho intramolecular Hbond substituents is 2. The standard InChI is InChI=1S/C56H70N10O19/c1-29(69)46(66-53(81)42(27-67)63-55(83)47(30(2)70)65-52(80)37(58-44(73)26-57)21-31-9-5-3-6-10-31)54(82)62-41(25-45(74)75)51(79)61-40(24-34-15-19-36(72)20-16-34)49(77)60-39(23-33-13-17-35(71)18-14-33)48(76)59-38(22-32-11-7-4-8-12-32)50(78)64-43(28-68)56(84)85/h3-20,29-30,37-43,46-47,67-72H,21-28,57H2,1-2H3,(H,58,73)(H,59,76)(H,60,77)(H,61,79)(H,62,82)(H,63,83)(H,64,78)(H,65,80)(H,66,81)(H,74,75)(H,84,85)/t29-,30-,37+,38+,39+,40+,41+,42+,43+,46+,47+/m1/s1. The molecule has 0 aliphatic carbocycles. The first kappa shape index (κ1) is 68.0. The Morgan fingerprint density at radius 3 is 1.01 bits per heavy atom. The van der Waals surface area contributed by atoms with Gasteiger partial charge >= 0.3 is 11.9 Å². The first-order valence-electron chi connectivity index (χ1n) is 26.4. The number of aromatic hydroxyl groups is 2. The quantitative estimate of drug-likeness (QED) is 0.0212. The van der Waals surface area contributed by atoms with Crippen molar-refractivity contribution in [1.82, 2.24) is 47.9 Å². The fraction of sp³-hybridized carbons (Fsp3) is 0.375. The zero-order valence-electron chi connectivity index (χ0n) is 46.0. The number of aliphatic carboxylic acids is 2. The Hall–Kier alpha value is -9.55. The van der Waals surface area contributed by atoms with Crippen molar-refractivity contribution in [3.63, 3.8) is 0 Å². The van der Waals surface area contributed by atoms with E-state index in [0.29, 0.717) is 16.7 Å². The Bertz CT molecular complexity index is 2940. The van der Waals surface area contributed by atoms with E-state index in [2.05, 4.69) is 47.9 Å². The normalized spacial score (nSPS) is 14.9. The van der Waals surface area contributed by atoms with Crippen molar-refractivity contribution in [2.45, 2.75) is 113 Å². The molecule has 85 heavy (non-hydrogen) atoms. The summed E-state index contributed by atoms with van der Waals surface area (Å²) < 4.78 is 0. The summed E-state index contributed by atoms with van der Waals surface area (Å²) in [6.45, 7) is -0.604. The van der Waals surface area contributed by atoms with Crippen LogP contribution < -0.4 is 53.6 Å². The minimum Gasteiger partial charge on any atom is -0.508 e. The molecule has 0 heterocycles. The highest BCUT2D eigenvalue weighted by molar-refractivity contribution is 5.99. The zero-order chi connectivity index (χ0) is 62.9. The van der Waals surface area contributed by atoms with E-state index in [1.807, 2.05) is 0 Å². The van der Waals surface area contributed by atoms with Gasteiger partial charge in [0, 0.05) is 25.7 Å². The Kier molecular flexibility index (Phi) is 26.8. The summed E-state index contributed by atoms with van der Waals surface area (Å²) in [5.74, 6) is -13.9. The van der Waals surface area contributed by atoms with Crippen LogP contribution in [-0.2, 0) is 78.4 Å². The van der Waals surface area contributed by atoms with E-state index in [1.54, 1.807) is 60.7 Å². The molecule has 0 saturated carbocycles. The van der Waals surface area contributed by atoms with Crippen molar-refractivity contribution in [2.75, 3.05) is 19.8 Å². The van der Waals surface area contributed by atoms with Crippen LogP contribution >= 0.6 is 0 Å². The number of amides is 9. The van der Waals surface area contributed by atoms with Gasteiger partial charge in [0.1, 0.15) is 65.9 Å². The molecule has 0 radical (unpaired) electrons. The molecular formula is C56H70N10O19. The number of carboxylic acids is 2. The van der Waals surface area contributed by atoms with Crippen molar-refractivity contribution in [2.24, 2.45) is 5.73 Å². The Morgan fingerprint density at radius 1 is 0.388 bits per heavy atom. The number of hydrogen-bond acceptors (Lipinski definition) is 18. The van der Waals surface area contributed by atoms with Gasteiger partial charge in [-0.05, 0) is 60.4 Å². The van der Waals surface area contributed by atoms with E-state index in [1.165, 1.54) is 48.5 Å². The van der Waals surface area contributed by atoms with Crippen LogP contribution in [0.2, 0.25) is 0 Å². The second-order valence-corrected chi connectivity index (χ2v) is 19.6. The van der Waals surface area contributed by atoms with Crippen molar-refractivity contribution < 1.29 is 93.6 Å². The minimum absolute atomic E-state index is 0.0830. The lowest BCUT2D eigenvalue weighted by Crippen LogP contribution is -2.63. The topological polar surface area (TPSA) is 484 Å². The van der Waals surface area contributed by atoms with Crippen LogP contribution in [0.1, 0.15) is 42.5 Å². The van der Waals surface area contributed by atoms with Gasteiger partial charge in [0.15, 0.2) is 0 Å². The fourth-order valence-corrected chi connectivity index (χ4v) is 8.22. The number of nitrogens with two attached hydrogens (primary N) is 1. The Balaban J connectivity index is 1.60. The summed E-state index contributed by atoms with van der Waals surface area (Å²) in [5.41, 5.74) is 7.11. The third-order valence-electron chi connectivity index (χ3n) is 12.8. The highest BCUT2D eigenvalue weighted by Gasteiger charge is 2.38. The average molecular weight is 1190 g/mol. The maximum atomic E-state index is 14.6. The lowest BCUT2D eigenvalue weighted by atomic mass is 10.0. The third-order valence-corrected chi connectivity index (χ3v) is 12.8. The van der Waals surface area contributed by atoms with Crippen LogP contribution in [0.25, 0.3) is 0 Å². The van der Waals surface area contributed by atoms with Gasteiger partial charge in [-0.1, -0.05) is 84.9 Å². The van der Waals surface area contributed by atoms with Gasteiger partial charge in [0.2, 0.25) is 53.2 Å². The molecule has 4 aromatic rings. The maximum absolute atomic E-state index is 14.6. The predicted octanol–water partition coefficient (Wildman–Crippen LogP) is -5.00. The highest BCUT2D eigenvalue weighted by atomic mass is 16.4. The molecule has 19 N–H and O–H groups in total. The molecule has 0 fully saturated rings. The summed E-state index contributed by atoms with van der Waals surface area (Å²) in [4.78, 5) is 148. The lowest BCUT2D eigenvalue weighted by Gasteiger charge is -2.29. The first-order valence-corrected chi connectivity index (χ1v) is 26.4. The number of rotatable bonds is 33. The molecule has 29 heteroatoms. The summed E-state index contributed by atoms with van der Waals surface area (Å²) in [6.07, 6.45) is -5.86. The van der Waals surface area contributed by atoms with Gasteiger partial charge in [-0.3, -0.25) is 47.9 Å². The number of hydrogen-bond donors (Lipinski definition) is 18. The molecule has 0 aromatic heterocycles. The predicted molar refractivity (Wildman–Crippen MR) is 298 cm³/mol. The second kappa shape index (κ2) is 33.5. The SMILES string of the molecule is C[C@@H](O)[C@H](NC(=O)[C@H](CO)NC(=O)[C@@H](NC(=O)[C@H](Cc1ccccc1)NC(=O)CN)[C@@H](C)O)C(=O)N[C@@H](CC(=O)O)C(=O)N[C@@H](Cc1ccc(O)cc1)C(=O)N[C@@H](Cc1ccc(O)cc1)C(=O)N[C@@H](Cc1ccccc1)C(=O)N[C@@H](CO)C(=O)O. The Labute approximate surface area is 486 Å². The third kappa shape index (κ3) is 22.3. The number of phenols is 2. The number of carbonyl (C=O) groups excluding carboxylic acids is 9. The summed E-state index contributed by atoms with van der Waals surface area (Å²) in [7, 11) is 0. The number of aliphatic hydroxyl groups excluding tert-OH is 4. The van der Waals surface area contributed by atoms with E-state index < -0.39 is 164 Å². The molecule has 0 aliphatic heterocycles. The Morgan fingerprint density at radius 2 is 0.682 bits per heavy atom. The molecule has 0 saturated heterocycles. The van der Waals surface area contributed by atoms with Gasteiger partial charge in [-0.15, -0.1) is 0 Å². The van der Waals surface area contributed by atoms with E-state index in [0.717, 1.165) is 13.8 Å². The summed E-state index contributed by atoms with van der Waals surface area (Å²) in [5, 5.41) is 101. The smallest absolute Gasteiger partial charge is 0.328 e. The van der Waals surface area contributed by atoms with Crippen LogP contribution in [0.5, 0.6) is 11.5 Å². The molecule has 4 rings (SSSR count). The molecule has 0 unspecified atom stereocenters. The number of carbonyl (C=O) groups is 11. The monoisotopic (exact) mass is 1190 g/mol. The lowest BCUT2D eigenvalue weighted by molar-refractivity contribution is -0.143. The molecule has 11 atom stereocenters. The molecular weight excluding hydrogens is 1120 g/mol. The fourth-order valence-electron chi connectivity index (χ4n) is 8.22. The number of carboxylic acid groups (broad SMARTS) is 2. The molecule has 0 bridgehead atoms. The van der Waals surface area contributed by atoms with E-state index in [4.69, 9.17) is 5.73 Å². The van der Waals surface area contributed by atoms with Crippen LogP contribution in [0, 0.1) is 0 Å². The zero-order valence-corrected chi connectivity index (χ0v) is 46.0. The molecule has 9 amide bonds. The van der Waals surface area contributed by atoms with Gasteiger partial charge in [0.25, 0.3) is 0 Å². The van der Waals surface area contributed by atoms with Crippen molar-refractivity contribution in [3.05, 3.63) is 131 Å². The van der Waals surface area contributed by atoms with Crippen LogP contribution in [0.15, 0.2) is 109 Å². The molecule has 29 nitrogen and oxygen atoms in total. The van der Waals surface area contributed by atoms with Crippen LogP contribution in [-0.4, -0.2) is 192 Å². The van der Waals surface area contributed by atoms with Gasteiger partial charge in [0.05, 0.1) is 38.4 Å². The van der Waals surface area contributed by atoms with Gasteiger partial charge < -0.3 is 94.4 Å². The van der Waals surface area contributed by atoms with Crippen molar-refractivity contribution in [3.8, 4) is 11.5 Å². The molecule has 0 aliphatic rings. The molecule has 458 valence electrons. The second-order valence-electron chi connectivity index (χ2n) is 19.6. The minimum atomic E-state index is -2.12. The van der Waals surface area contributed by atoms with E-state index in [-0.39, 0.29) is 36.3 Å². The average Bonchev–Trinajstić information content (AvgIpc) is 3.51. The molecule has 4 aromatic carbocycles. The summed E-state index contributed by atoms with van der Waals surface area (Å²) in [6, 6.07) is 11.0. The van der Waals surface area contributed by atoms with Crippen molar-refractivity contribution >= 4 is 65.1 Å². The number of benzene rings is 4. The van der Waals surface area contributed by atoms with Crippen LogP contribution in [0.3, 0.4) is 0 Å². The largest absolute Gasteiger partial charge is 0.508 e. The van der Waals surface area contributed by atoms with Crippen LogP contribution in [0.4, 0.5) is 0 Å². The van der Waals surface area contributed by atoms with Gasteiger partial charge in [-0.25, -0.2) is 4.79 Å². The van der Waals surface area contributed by atoms with E-state index in [9.17, 15) is 93.6 Å². The van der Waals surface area contributed by atoms with E-state index >= 15 is 0 Å². The van der Waals surface area contributed by atoms with Gasteiger partial charge in [-0.2, -0.15) is 0 Å².